The van der Waals surface area contributed by atoms with E-state index < -0.39 is 0 Å². The average Bonchev–Trinajstić information content (AvgIpc) is 2.45. The molecule has 118 valence electrons. The van der Waals surface area contributed by atoms with E-state index in [9.17, 15) is 9.18 Å². The Bertz CT molecular complexity index is 424. The van der Waals surface area contributed by atoms with Gasteiger partial charge in [0.2, 0.25) is 5.91 Å². The third-order valence-corrected chi connectivity index (χ3v) is 3.16. The number of nitrogens with one attached hydrogen (secondary N) is 2. The second kappa shape index (κ2) is 10.3. The number of hydrogen-bond donors (Lipinski definition) is 2. The maximum atomic E-state index is 13.4. The van der Waals surface area contributed by atoms with Gasteiger partial charge in [-0.25, -0.2) is 4.39 Å². The zero-order valence-electron chi connectivity index (χ0n) is 13.0. The summed E-state index contributed by atoms with van der Waals surface area (Å²) in [7, 11) is 4.03. The molecule has 1 aromatic carbocycles. The van der Waals surface area contributed by atoms with Gasteiger partial charge in [-0.05, 0) is 51.7 Å². The summed E-state index contributed by atoms with van der Waals surface area (Å²) in [6, 6.07) is 6.78. The van der Waals surface area contributed by atoms with Crippen LogP contribution in [0.1, 0.15) is 18.4 Å². The van der Waals surface area contributed by atoms with Crippen molar-refractivity contribution in [2.75, 3.05) is 40.3 Å². The minimum Gasteiger partial charge on any atom is -0.356 e. The molecular formula is C16H26FN3O. The van der Waals surface area contributed by atoms with Gasteiger partial charge in [0.25, 0.3) is 0 Å². The number of halogens is 1. The molecule has 0 bridgehead atoms. The first-order valence-corrected chi connectivity index (χ1v) is 7.45. The van der Waals surface area contributed by atoms with Crippen molar-refractivity contribution in [1.82, 2.24) is 15.5 Å². The molecule has 21 heavy (non-hydrogen) atoms. The first kappa shape index (κ1) is 17.6. The van der Waals surface area contributed by atoms with Gasteiger partial charge < -0.3 is 15.5 Å². The van der Waals surface area contributed by atoms with Gasteiger partial charge in [-0.15, -0.1) is 0 Å². The van der Waals surface area contributed by atoms with E-state index in [1.807, 2.05) is 20.2 Å². The molecule has 0 saturated carbocycles. The van der Waals surface area contributed by atoms with Gasteiger partial charge in [-0.1, -0.05) is 18.2 Å². The zero-order chi connectivity index (χ0) is 15.5. The summed E-state index contributed by atoms with van der Waals surface area (Å²) in [6.07, 6.45) is 2.05. The topological polar surface area (TPSA) is 44.4 Å². The standard InChI is InChI=1S/C16H26FN3O/c1-20(2)13-5-10-19-16(21)9-12-18-11-8-14-6-3-4-7-15(14)17/h3-4,6-7,18H,5,8-13H2,1-2H3,(H,19,21). The van der Waals surface area contributed by atoms with Crippen LogP contribution in [0.15, 0.2) is 24.3 Å². The van der Waals surface area contributed by atoms with E-state index in [-0.39, 0.29) is 11.7 Å². The Morgan fingerprint density at radius 3 is 2.67 bits per heavy atom. The van der Waals surface area contributed by atoms with Gasteiger partial charge >= 0.3 is 0 Å². The Kier molecular flexibility index (Phi) is 8.62. The highest BCUT2D eigenvalue weighted by Gasteiger charge is 2.02. The summed E-state index contributed by atoms with van der Waals surface area (Å²) in [6.45, 7) is 2.98. The van der Waals surface area contributed by atoms with Crippen LogP contribution in [0.25, 0.3) is 0 Å². The fourth-order valence-electron chi connectivity index (χ4n) is 1.96. The van der Waals surface area contributed by atoms with Crippen LogP contribution in [0.5, 0.6) is 0 Å². The predicted octanol–water partition coefficient (Wildman–Crippen LogP) is 1.42. The predicted molar refractivity (Wildman–Crippen MR) is 83.8 cm³/mol. The lowest BCUT2D eigenvalue weighted by atomic mass is 10.1. The molecule has 0 saturated heterocycles. The maximum Gasteiger partial charge on any atom is 0.221 e. The Hall–Kier alpha value is -1.46. The minimum atomic E-state index is -0.169. The van der Waals surface area contributed by atoms with Crippen LogP contribution in [-0.2, 0) is 11.2 Å². The van der Waals surface area contributed by atoms with Crippen molar-refractivity contribution in [3.8, 4) is 0 Å². The summed E-state index contributed by atoms with van der Waals surface area (Å²) in [5, 5.41) is 6.06. The maximum absolute atomic E-state index is 13.4. The molecule has 2 N–H and O–H groups in total. The molecule has 1 rings (SSSR count). The SMILES string of the molecule is CN(C)CCCNC(=O)CCNCCc1ccccc1F. The Labute approximate surface area is 126 Å². The molecule has 0 aliphatic carbocycles. The number of carbonyl (C=O) groups is 1. The van der Waals surface area contributed by atoms with Crippen molar-refractivity contribution < 1.29 is 9.18 Å². The number of carbonyl (C=O) groups excluding carboxylic acids is 1. The summed E-state index contributed by atoms with van der Waals surface area (Å²) in [4.78, 5) is 13.6. The molecule has 0 atom stereocenters. The van der Waals surface area contributed by atoms with Gasteiger partial charge in [-0.2, -0.15) is 0 Å². The van der Waals surface area contributed by atoms with Crippen LogP contribution in [0.3, 0.4) is 0 Å². The van der Waals surface area contributed by atoms with Crippen LogP contribution in [0.4, 0.5) is 4.39 Å². The van der Waals surface area contributed by atoms with Gasteiger partial charge in [0.15, 0.2) is 0 Å². The van der Waals surface area contributed by atoms with Crippen molar-refractivity contribution in [1.29, 1.82) is 0 Å². The molecule has 1 amide bonds. The quantitative estimate of drug-likeness (QED) is 0.642. The molecule has 5 heteroatoms. The molecule has 0 fully saturated rings. The molecule has 0 aliphatic heterocycles. The molecule has 0 radical (unpaired) electrons. The van der Waals surface area contributed by atoms with E-state index in [1.165, 1.54) is 6.07 Å². The Morgan fingerprint density at radius 2 is 1.95 bits per heavy atom. The van der Waals surface area contributed by atoms with Crippen molar-refractivity contribution in [2.45, 2.75) is 19.3 Å². The van der Waals surface area contributed by atoms with Gasteiger partial charge in [0.05, 0.1) is 0 Å². The number of benzene rings is 1. The second-order valence-corrected chi connectivity index (χ2v) is 5.35. The summed E-state index contributed by atoms with van der Waals surface area (Å²) < 4.78 is 13.4. The van der Waals surface area contributed by atoms with Gasteiger partial charge in [0, 0.05) is 19.5 Å². The number of rotatable bonds is 10. The number of hydrogen-bond acceptors (Lipinski definition) is 3. The molecular weight excluding hydrogens is 269 g/mol. The highest BCUT2D eigenvalue weighted by molar-refractivity contribution is 5.75. The summed E-state index contributed by atoms with van der Waals surface area (Å²) in [5.41, 5.74) is 0.707. The molecule has 0 unspecified atom stereocenters. The van der Waals surface area contributed by atoms with Gasteiger partial charge in [0.1, 0.15) is 5.82 Å². The van der Waals surface area contributed by atoms with Crippen molar-refractivity contribution >= 4 is 5.91 Å². The fourth-order valence-corrected chi connectivity index (χ4v) is 1.96. The smallest absolute Gasteiger partial charge is 0.221 e. The lowest BCUT2D eigenvalue weighted by molar-refractivity contribution is -0.121. The lowest BCUT2D eigenvalue weighted by Gasteiger charge is -2.10. The van der Waals surface area contributed by atoms with Crippen LogP contribution in [0, 0.1) is 5.82 Å². The normalized spacial score (nSPS) is 10.9. The van der Waals surface area contributed by atoms with Crippen LogP contribution in [-0.4, -0.2) is 51.1 Å². The van der Waals surface area contributed by atoms with Crippen molar-refractivity contribution in [3.63, 3.8) is 0 Å². The highest BCUT2D eigenvalue weighted by Crippen LogP contribution is 2.05. The first-order valence-electron chi connectivity index (χ1n) is 7.45. The Balaban J connectivity index is 2.01. The third kappa shape index (κ3) is 8.42. The van der Waals surface area contributed by atoms with E-state index >= 15 is 0 Å². The fraction of sp³-hybridized carbons (Fsp3) is 0.562. The van der Waals surface area contributed by atoms with E-state index in [2.05, 4.69) is 15.5 Å². The molecule has 0 spiro atoms. The molecule has 0 heterocycles. The largest absolute Gasteiger partial charge is 0.356 e. The van der Waals surface area contributed by atoms with Crippen LogP contribution < -0.4 is 10.6 Å². The highest BCUT2D eigenvalue weighted by atomic mass is 19.1. The van der Waals surface area contributed by atoms with E-state index in [0.717, 1.165) is 13.0 Å². The average molecular weight is 295 g/mol. The minimum absolute atomic E-state index is 0.0622. The molecule has 0 aromatic heterocycles. The molecule has 0 aliphatic rings. The third-order valence-electron chi connectivity index (χ3n) is 3.16. The monoisotopic (exact) mass is 295 g/mol. The first-order chi connectivity index (χ1) is 10.1. The lowest BCUT2D eigenvalue weighted by Crippen LogP contribution is -2.30. The second-order valence-electron chi connectivity index (χ2n) is 5.35. The van der Waals surface area contributed by atoms with Crippen molar-refractivity contribution in [3.05, 3.63) is 35.6 Å². The van der Waals surface area contributed by atoms with Gasteiger partial charge in [-0.3, -0.25) is 4.79 Å². The van der Waals surface area contributed by atoms with Crippen LogP contribution in [0.2, 0.25) is 0 Å². The van der Waals surface area contributed by atoms with E-state index in [4.69, 9.17) is 0 Å². The zero-order valence-corrected chi connectivity index (χ0v) is 13.0. The van der Waals surface area contributed by atoms with E-state index in [0.29, 0.717) is 38.0 Å². The number of nitrogens with zero attached hydrogens (tertiary/aromatic N) is 1. The summed E-state index contributed by atoms with van der Waals surface area (Å²) in [5.74, 6) is -0.106. The molecule has 1 aromatic rings. The Morgan fingerprint density at radius 1 is 1.19 bits per heavy atom. The van der Waals surface area contributed by atoms with Crippen LogP contribution >= 0.6 is 0 Å². The van der Waals surface area contributed by atoms with E-state index in [1.54, 1.807) is 12.1 Å². The number of amides is 1. The molecule has 4 nitrogen and oxygen atoms in total. The van der Waals surface area contributed by atoms with Crippen molar-refractivity contribution in [2.24, 2.45) is 0 Å². The summed E-state index contributed by atoms with van der Waals surface area (Å²) >= 11 is 0.